The van der Waals surface area contributed by atoms with E-state index in [9.17, 15) is 5.11 Å². The van der Waals surface area contributed by atoms with Gasteiger partial charge in [0.1, 0.15) is 0 Å². The second-order valence-corrected chi connectivity index (χ2v) is 8.64. The van der Waals surface area contributed by atoms with Crippen molar-refractivity contribution in [3.63, 3.8) is 0 Å². The van der Waals surface area contributed by atoms with Crippen LogP contribution in [0.25, 0.3) is 0 Å². The molecule has 0 radical (unpaired) electrons. The molecule has 1 saturated heterocycles. The molecule has 0 saturated carbocycles. The highest BCUT2D eigenvalue weighted by Crippen LogP contribution is 2.29. The van der Waals surface area contributed by atoms with Crippen molar-refractivity contribution in [3.8, 4) is 0 Å². The van der Waals surface area contributed by atoms with E-state index in [1.165, 1.54) is 11.1 Å². The van der Waals surface area contributed by atoms with Gasteiger partial charge in [0, 0.05) is 32.7 Å². The lowest BCUT2D eigenvalue weighted by molar-refractivity contribution is -0.0590. The van der Waals surface area contributed by atoms with Gasteiger partial charge < -0.3 is 9.84 Å². The monoisotopic (exact) mass is 382 g/mol. The molecule has 2 aromatic carbocycles. The molecule has 1 aliphatic rings. The highest BCUT2D eigenvalue weighted by Gasteiger charge is 2.27. The molecule has 3 rings (SSSR count). The summed E-state index contributed by atoms with van der Waals surface area (Å²) >= 11 is 0. The van der Waals surface area contributed by atoms with Crippen molar-refractivity contribution >= 4 is 0 Å². The minimum absolute atomic E-state index is 0.210. The zero-order valence-corrected chi connectivity index (χ0v) is 17.4. The van der Waals surface area contributed by atoms with Crippen LogP contribution in [0.4, 0.5) is 0 Å². The van der Waals surface area contributed by atoms with Gasteiger partial charge in [-0.1, -0.05) is 60.7 Å². The predicted octanol–water partition coefficient (Wildman–Crippen LogP) is 3.57. The Balaban J connectivity index is 1.60. The fourth-order valence-corrected chi connectivity index (χ4v) is 3.79. The van der Waals surface area contributed by atoms with E-state index in [1.54, 1.807) is 0 Å². The van der Waals surface area contributed by atoms with Crippen LogP contribution in [0.2, 0.25) is 0 Å². The molecular formula is C24H34N2O2. The second-order valence-electron chi connectivity index (χ2n) is 8.64. The molecule has 1 atom stereocenters. The Kier molecular flexibility index (Phi) is 7.24. The molecule has 1 heterocycles. The van der Waals surface area contributed by atoms with Gasteiger partial charge in [-0.05, 0) is 31.9 Å². The Labute approximate surface area is 169 Å². The van der Waals surface area contributed by atoms with Crippen molar-refractivity contribution in [1.29, 1.82) is 0 Å². The molecule has 0 unspecified atom stereocenters. The molecule has 0 spiro atoms. The smallest absolute Gasteiger partial charge is 0.0900 e. The zero-order chi connectivity index (χ0) is 20.0. The summed E-state index contributed by atoms with van der Waals surface area (Å²) < 4.78 is 5.72. The van der Waals surface area contributed by atoms with Gasteiger partial charge in [-0.3, -0.25) is 9.80 Å². The molecule has 152 valence electrons. The molecule has 1 N–H and O–H groups in total. The van der Waals surface area contributed by atoms with Gasteiger partial charge in [0.15, 0.2) is 0 Å². The van der Waals surface area contributed by atoms with Crippen LogP contribution in [-0.4, -0.2) is 65.9 Å². The molecule has 0 aliphatic carbocycles. The third-order valence-electron chi connectivity index (χ3n) is 5.18. The highest BCUT2D eigenvalue weighted by atomic mass is 16.5. The van der Waals surface area contributed by atoms with E-state index in [-0.39, 0.29) is 11.6 Å². The average molecular weight is 383 g/mol. The van der Waals surface area contributed by atoms with E-state index in [0.717, 1.165) is 26.2 Å². The first kappa shape index (κ1) is 21.0. The van der Waals surface area contributed by atoms with Crippen LogP contribution < -0.4 is 0 Å². The van der Waals surface area contributed by atoms with E-state index in [0.29, 0.717) is 13.2 Å². The number of benzene rings is 2. The summed E-state index contributed by atoms with van der Waals surface area (Å²) in [6, 6.07) is 21.8. The lowest BCUT2D eigenvalue weighted by atomic mass is 9.96. The topological polar surface area (TPSA) is 35.9 Å². The standard InChI is InChI=1S/C24H34N2O2/c1-24(2,3)28-19-22(27)18-25-14-16-26(17-15-25)23(20-10-6-4-7-11-20)21-12-8-5-9-13-21/h4-13,22-23,27H,14-19H2,1-3H3/t22-/m1/s1. The molecule has 1 aliphatic heterocycles. The molecule has 4 heteroatoms. The second kappa shape index (κ2) is 9.66. The molecule has 1 fully saturated rings. The molecule has 2 aromatic rings. The first-order valence-corrected chi connectivity index (χ1v) is 10.3. The summed E-state index contributed by atoms with van der Waals surface area (Å²) in [7, 11) is 0. The predicted molar refractivity (Wildman–Crippen MR) is 114 cm³/mol. The summed E-state index contributed by atoms with van der Waals surface area (Å²) in [4.78, 5) is 4.90. The maximum absolute atomic E-state index is 10.3. The van der Waals surface area contributed by atoms with E-state index < -0.39 is 6.10 Å². The molecule has 0 amide bonds. The zero-order valence-electron chi connectivity index (χ0n) is 17.4. The van der Waals surface area contributed by atoms with Gasteiger partial charge in [0.2, 0.25) is 0 Å². The van der Waals surface area contributed by atoms with E-state index in [2.05, 4.69) is 70.5 Å². The van der Waals surface area contributed by atoms with Gasteiger partial charge in [0.05, 0.1) is 24.4 Å². The van der Waals surface area contributed by atoms with Gasteiger partial charge in [0.25, 0.3) is 0 Å². The van der Waals surface area contributed by atoms with Crippen molar-refractivity contribution in [2.45, 2.75) is 38.5 Å². The number of hydrogen-bond donors (Lipinski definition) is 1. The molecule has 28 heavy (non-hydrogen) atoms. The number of piperazine rings is 1. The number of β-amino-alcohol motifs (C(OH)–C–C–N with tert-alkyl or cyclic N) is 1. The average Bonchev–Trinajstić information content (AvgIpc) is 2.69. The minimum Gasteiger partial charge on any atom is -0.389 e. The summed E-state index contributed by atoms with van der Waals surface area (Å²) in [5, 5.41) is 10.3. The van der Waals surface area contributed by atoms with Gasteiger partial charge in [-0.25, -0.2) is 0 Å². The van der Waals surface area contributed by atoms with Crippen LogP contribution >= 0.6 is 0 Å². The fourth-order valence-electron chi connectivity index (χ4n) is 3.79. The van der Waals surface area contributed by atoms with Gasteiger partial charge >= 0.3 is 0 Å². The van der Waals surface area contributed by atoms with Gasteiger partial charge in [-0.2, -0.15) is 0 Å². The quantitative estimate of drug-likeness (QED) is 0.794. The minimum atomic E-state index is -0.440. The van der Waals surface area contributed by atoms with E-state index in [1.807, 2.05) is 20.8 Å². The lowest BCUT2D eigenvalue weighted by Gasteiger charge is -2.40. The van der Waals surface area contributed by atoms with Crippen molar-refractivity contribution in [3.05, 3.63) is 71.8 Å². The molecule has 0 bridgehead atoms. The van der Waals surface area contributed by atoms with E-state index in [4.69, 9.17) is 4.74 Å². The molecule has 4 nitrogen and oxygen atoms in total. The van der Waals surface area contributed by atoms with Crippen LogP contribution in [0.1, 0.15) is 37.9 Å². The SMILES string of the molecule is CC(C)(C)OC[C@H](O)CN1CCN(C(c2ccccc2)c2ccccc2)CC1. The first-order chi connectivity index (χ1) is 13.4. The number of nitrogens with zero attached hydrogens (tertiary/aromatic N) is 2. The normalized spacial score (nSPS) is 17.8. The number of rotatable bonds is 7. The summed E-state index contributed by atoms with van der Waals surface area (Å²) in [5.41, 5.74) is 2.46. The van der Waals surface area contributed by atoms with Crippen molar-refractivity contribution in [2.24, 2.45) is 0 Å². The van der Waals surface area contributed by atoms with Crippen molar-refractivity contribution in [2.75, 3.05) is 39.3 Å². The van der Waals surface area contributed by atoms with Crippen molar-refractivity contribution in [1.82, 2.24) is 9.80 Å². The Morgan fingerprint density at radius 1 is 0.857 bits per heavy atom. The third-order valence-corrected chi connectivity index (χ3v) is 5.18. The lowest BCUT2D eigenvalue weighted by Crippen LogP contribution is -2.50. The van der Waals surface area contributed by atoms with Crippen LogP contribution in [0.15, 0.2) is 60.7 Å². The van der Waals surface area contributed by atoms with Crippen LogP contribution in [-0.2, 0) is 4.74 Å². The summed E-state index contributed by atoms with van der Waals surface area (Å²) in [6.07, 6.45) is -0.440. The largest absolute Gasteiger partial charge is 0.389 e. The Morgan fingerprint density at radius 3 is 1.82 bits per heavy atom. The maximum Gasteiger partial charge on any atom is 0.0900 e. The number of hydrogen-bond acceptors (Lipinski definition) is 4. The van der Waals surface area contributed by atoms with E-state index >= 15 is 0 Å². The number of ether oxygens (including phenoxy) is 1. The van der Waals surface area contributed by atoms with Crippen molar-refractivity contribution < 1.29 is 9.84 Å². The number of aliphatic hydroxyl groups is 1. The van der Waals surface area contributed by atoms with Crippen LogP contribution in [0, 0.1) is 0 Å². The number of aliphatic hydroxyl groups excluding tert-OH is 1. The third kappa shape index (κ3) is 6.14. The first-order valence-electron chi connectivity index (χ1n) is 10.3. The van der Waals surface area contributed by atoms with Gasteiger partial charge in [-0.15, -0.1) is 0 Å². The van der Waals surface area contributed by atoms with Crippen LogP contribution in [0.5, 0.6) is 0 Å². The molecule has 0 aromatic heterocycles. The maximum atomic E-state index is 10.3. The Bertz CT molecular complexity index is 652. The fraction of sp³-hybridized carbons (Fsp3) is 0.500. The Morgan fingerprint density at radius 2 is 1.36 bits per heavy atom. The molecular weight excluding hydrogens is 348 g/mol. The Hall–Kier alpha value is -1.72. The summed E-state index contributed by atoms with van der Waals surface area (Å²) in [6.45, 7) is 11.0. The highest BCUT2D eigenvalue weighted by molar-refractivity contribution is 5.31. The van der Waals surface area contributed by atoms with Crippen LogP contribution in [0.3, 0.4) is 0 Å². The summed E-state index contributed by atoms with van der Waals surface area (Å²) in [5.74, 6) is 0.